The first-order valence-corrected chi connectivity index (χ1v) is 4.06. The van der Waals surface area contributed by atoms with Gasteiger partial charge in [0.25, 0.3) is 0 Å². The largest absolute Gasteiger partial charge is 0.377 e. The zero-order valence-electron chi connectivity index (χ0n) is 7.13. The Morgan fingerprint density at radius 3 is 2.70 bits per heavy atom. The molecular formula is C8H17NO. The first-order valence-electron chi connectivity index (χ1n) is 4.06. The van der Waals surface area contributed by atoms with E-state index in [-0.39, 0.29) is 0 Å². The summed E-state index contributed by atoms with van der Waals surface area (Å²) in [6, 6.07) is 0.705. The summed E-state index contributed by atoms with van der Waals surface area (Å²) < 4.78 is 5.50. The van der Waals surface area contributed by atoms with Crippen LogP contribution in [0.1, 0.15) is 20.3 Å². The Morgan fingerprint density at radius 1 is 1.60 bits per heavy atom. The Bertz CT molecular complexity index is 95.4. The van der Waals surface area contributed by atoms with Crippen LogP contribution < -0.4 is 0 Å². The molecule has 10 heavy (non-hydrogen) atoms. The third kappa shape index (κ3) is 1.70. The van der Waals surface area contributed by atoms with Gasteiger partial charge < -0.3 is 9.64 Å². The minimum Gasteiger partial charge on any atom is -0.377 e. The SMILES string of the molecule is CCOC1CC(C)N(C)C1. The van der Waals surface area contributed by atoms with Crippen LogP contribution in [0.5, 0.6) is 0 Å². The van der Waals surface area contributed by atoms with E-state index in [2.05, 4.69) is 25.8 Å². The molecule has 1 rings (SSSR count). The molecule has 0 aliphatic carbocycles. The summed E-state index contributed by atoms with van der Waals surface area (Å²) >= 11 is 0. The van der Waals surface area contributed by atoms with Gasteiger partial charge in [-0.2, -0.15) is 0 Å². The van der Waals surface area contributed by atoms with E-state index < -0.39 is 0 Å². The molecule has 0 spiro atoms. The van der Waals surface area contributed by atoms with E-state index in [0.717, 1.165) is 13.2 Å². The smallest absolute Gasteiger partial charge is 0.0716 e. The third-order valence-corrected chi connectivity index (χ3v) is 2.25. The Balaban J connectivity index is 2.27. The average molecular weight is 143 g/mol. The lowest BCUT2D eigenvalue weighted by Crippen LogP contribution is -2.22. The molecule has 0 N–H and O–H groups in total. The second-order valence-electron chi connectivity index (χ2n) is 3.10. The van der Waals surface area contributed by atoms with Gasteiger partial charge in [-0.3, -0.25) is 0 Å². The zero-order valence-corrected chi connectivity index (χ0v) is 7.13. The molecule has 0 radical (unpaired) electrons. The predicted molar refractivity (Wildman–Crippen MR) is 42.1 cm³/mol. The van der Waals surface area contributed by atoms with Gasteiger partial charge in [0, 0.05) is 19.2 Å². The second-order valence-corrected chi connectivity index (χ2v) is 3.10. The summed E-state index contributed by atoms with van der Waals surface area (Å²) in [6.45, 7) is 6.27. The topological polar surface area (TPSA) is 12.5 Å². The fourth-order valence-corrected chi connectivity index (χ4v) is 1.49. The van der Waals surface area contributed by atoms with Gasteiger partial charge in [-0.15, -0.1) is 0 Å². The van der Waals surface area contributed by atoms with E-state index in [4.69, 9.17) is 4.74 Å². The van der Waals surface area contributed by atoms with Crippen molar-refractivity contribution in [3.05, 3.63) is 0 Å². The Kier molecular flexibility index (Phi) is 2.69. The van der Waals surface area contributed by atoms with Crippen LogP contribution in [-0.4, -0.2) is 37.2 Å². The van der Waals surface area contributed by atoms with Gasteiger partial charge in [0.1, 0.15) is 0 Å². The fourth-order valence-electron chi connectivity index (χ4n) is 1.49. The number of likely N-dealkylation sites (tertiary alicyclic amines) is 1. The highest BCUT2D eigenvalue weighted by Gasteiger charge is 2.25. The van der Waals surface area contributed by atoms with E-state index in [9.17, 15) is 0 Å². The van der Waals surface area contributed by atoms with Crippen LogP contribution in [0, 0.1) is 0 Å². The highest BCUT2D eigenvalue weighted by molar-refractivity contribution is 4.80. The van der Waals surface area contributed by atoms with Gasteiger partial charge in [-0.25, -0.2) is 0 Å². The summed E-state index contributed by atoms with van der Waals surface area (Å²) in [7, 11) is 2.16. The van der Waals surface area contributed by atoms with Crippen molar-refractivity contribution in [3.8, 4) is 0 Å². The van der Waals surface area contributed by atoms with E-state index >= 15 is 0 Å². The van der Waals surface area contributed by atoms with Crippen LogP contribution in [0.25, 0.3) is 0 Å². The highest BCUT2D eigenvalue weighted by Crippen LogP contribution is 2.17. The van der Waals surface area contributed by atoms with Gasteiger partial charge in [-0.05, 0) is 27.3 Å². The quantitative estimate of drug-likeness (QED) is 0.574. The molecule has 0 bridgehead atoms. The molecule has 0 aromatic rings. The predicted octanol–water partition coefficient (Wildman–Crippen LogP) is 1.12. The van der Waals surface area contributed by atoms with Crippen LogP contribution >= 0.6 is 0 Å². The lowest BCUT2D eigenvalue weighted by molar-refractivity contribution is 0.0708. The minimum absolute atomic E-state index is 0.491. The van der Waals surface area contributed by atoms with Crippen molar-refractivity contribution >= 4 is 0 Å². The van der Waals surface area contributed by atoms with Crippen molar-refractivity contribution in [2.45, 2.75) is 32.4 Å². The van der Waals surface area contributed by atoms with Crippen LogP contribution in [-0.2, 0) is 4.74 Å². The zero-order chi connectivity index (χ0) is 7.56. The summed E-state index contributed by atoms with van der Waals surface area (Å²) in [5, 5.41) is 0. The number of hydrogen-bond donors (Lipinski definition) is 0. The molecule has 60 valence electrons. The van der Waals surface area contributed by atoms with E-state index in [1.807, 2.05) is 0 Å². The molecule has 1 aliphatic rings. The summed E-state index contributed by atoms with van der Waals surface area (Å²) in [5.74, 6) is 0. The Morgan fingerprint density at radius 2 is 2.30 bits per heavy atom. The molecule has 2 heteroatoms. The number of rotatable bonds is 2. The first-order chi connectivity index (χ1) is 4.74. The first kappa shape index (κ1) is 8.02. The van der Waals surface area contributed by atoms with Gasteiger partial charge in [0.05, 0.1) is 6.10 Å². The summed E-state index contributed by atoms with van der Waals surface area (Å²) in [4.78, 5) is 2.35. The normalized spacial score (nSPS) is 35.1. The van der Waals surface area contributed by atoms with E-state index in [1.165, 1.54) is 6.42 Å². The molecule has 2 atom stereocenters. The third-order valence-electron chi connectivity index (χ3n) is 2.25. The monoisotopic (exact) mass is 143 g/mol. The summed E-state index contributed by atoms with van der Waals surface area (Å²) in [6.07, 6.45) is 1.69. The summed E-state index contributed by atoms with van der Waals surface area (Å²) in [5.41, 5.74) is 0. The van der Waals surface area contributed by atoms with Crippen LogP contribution in [0.15, 0.2) is 0 Å². The standard InChI is InChI=1S/C8H17NO/c1-4-10-8-5-7(2)9(3)6-8/h7-8H,4-6H2,1-3H3. The van der Waals surface area contributed by atoms with Crippen molar-refractivity contribution in [1.29, 1.82) is 0 Å². The lowest BCUT2D eigenvalue weighted by atomic mass is 10.2. The molecule has 0 aromatic carbocycles. The fraction of sp³-hybridized carbons (Fsp3) is 1.00. The van der Waals surface area contributed by atoms with Crippen molar-refractivity contribution in [2.24, 2.45) is 0 Å². The van der Waals surface area contributed by atoms with Crippen LogP contribution in [0.3, 0.4) is 0 Å². The van der Waals surface area contributed by atoms with Gasteiger partial charge >= 0.3 is 0 Å². The molecule has 0 amide bonds. The van der Waals surface area contributed by atoms with Crippen molar-refractivity contribution in [2.75, 3.05) is 20.2 Å². The van der Waals surface area contributed by atoms with Crippen molar-refractivity contribution in [1.82, 2.24) is 4.90 Å². The Hall–Kier alpha value is -0.0800. The molecule has 0 aromatic heterocycles. The molecule has 2 unspecified atom stereocenters. The molecule has 1 aliphatic heterocycles. The maximum absolute atomic E-state index is 5.50. The maximum Gasteiger partial charge on any atom is 0.0716 e. The van der Waals surface area contributed by atoms with E-state index in [1.54, 1.807) is 0 Å². The highest BCUT2D eigenvalue weighted by atomic mass is 16.5. The van der Waals surface area contributed by atoms with Crippen LogP contribution in [0.4, 0.5) is 0 Å². The number of likely N-dealkylation sites (N-methyl/N-ethyl adjacent to an activating group) is 1. The van der Waals surface area contributed by atoms with Crippen molar-refractivity contribution in [3.63, 3.8) is 0 Å². The molecular weight excluding hydrogens is 126 g/mol. The van der Waals surface area contributed by atoms with Gasteiger partial charge in [0.2, 0.25) is 0 Å². The maximum atomic E-state index is 5.50. The number of hydrogen-bond acceptors (Lipinski definition) is 2. The van der Waals surface area contributed by atoms with Gasteiger partial charge in [-0.1, -0.05) is 0 Å². The van der Waals surface area contributed by atoms with Crippen molar-refractivity contribution < 1.29 is 4.74 Å². The molecule has 2 nitrogen and oxygen atoms in total. The molecule has 1 saturated heterocycles. The van der Waals surface area contributed by atoms with E-state index in [0.29, 0.717) is 12.1 Å². The number of nitrogens with zero attached hydrogens (tertiary/aromatic N) is 1. The molecule has 1 heterocycles. The average Bonchev–Trinajstić information content (AvgIpc) is 2.14. The van der Waals surface area contributed by atoms with Gasteiger partial charge in [0.15, 0.2) is 0 Å². The Labute approximate surface area is 63.2 Å². The lowest BCUT2D eigenvalue weighted by Gasteiger charge is -2.12. The number of ether oxygens (including phenoxy) is 1. The second kappa shape index (κ2) is 3.35. The minimum atomic E-state index is 0.491. The molecule has 0 saturated carbocycles. The molecule has 1 fully saturated rings. The van der Waals surface area contributed by atoms with Crippen LogP contribution in [0.2, 0.25) is 0 Å².